The van der Waals surface area contributed by atoms with Gasteiger partial charge >= 0.3 is 0 Å². The standard InChI is InChI=1S/C15H21N3O/c19-15(4-1-12-5-8-16-9-6-12)18-13-2-3-14(18)11-17-10-7-13/h5-6,8-9,13-14,17H,1-4,7,10-11H2. The molecule has 0 saturated carbocycles. The minimum Gasteiger partial charge on any atom is -0.335 e. The molecule has 3 heterocycles. The molecule has 2 saturated heterocycles. The van der Waals surface area contributed by atoms with E-state index in [-0.39, 0.29) is 0 Å². The Morgan fingerprint density at radius 1 is 1.26 bits per heavy atom. The summed E-state index contributed by atoms with van der Waals surface area (Å²) in [6, 6.07) is 4.89. The zero-order valence-electron chi connectivity index (χ0n) is 11.2. The van der Waals surface area contributed by atoms with Gasteiger partial charge in [0.05, 0.1) is 0 Å². The summed E-state index contributed by atoms with van der Waals surface area (Å²) < 4.78 is 0. The highest BCUT2D eigenvalue weighted by molar-refractivity contribution is 5.77. The second-order valence-corrected chi connectivity index (χ2v) is 5.53. The van der Waals surface area contributed by atoms with Gasteiger partial charge in [-0.05, 0) is 49.9 Å². The maximum Gasteiger partial charge on any atom is 0.223 e. The van der Waals surface area contributed by atoms with E-state index < -0.39 is 0 Å². The summed E-state index contributed by atoms with van der Waals surface area (Å²) >= 11 is 0. The zero-order valence-corrected chi connectivity index (χ0v) is 11.2. The van der Waals surface area contributed by atoms with Gasteiger partial charge in [0.2, 0.25) is 5.91 Å². The Hall–Kier alpha value is -1.42. The Bertz CT molecular complexity index is 420. The minimum atomic E-state index is 0.327. The van der Waals surface area contributed by atoms with E-state index in [0.29, 0.717) is 24.4 Å². The number of carbonyl (C=O) groups is 1. The summed E-state index contributed by atoms with van der Waals surface area (Å²) in [5, 5.41) is 3.44. The monoisotopic (exact) mass is 259 g/mol. The van der Waals surface area contributed by atoms with Crippen LogP contribution in [0.3, 0.4) is 0 Å². The molecule has 102 valence electrons. The Kier molecular flexibility index (Phi) is 3.78. The number of aromatic nitrogens is 1. The van der Waals surface area contributed by atoms with Crippen LogP contribution >= 0.6 is 0 Å². The third kappa shape index (κ3) is 2.78. The van der Waals surface area contributed by atoms with Crippen LogP contribution in [0, 0.1) is 0 Å². The lowest BCUT2D eigenvalue weighted by molar-refractivity contribution is -0.133. The van der Waals surface area contributed by atoms with E-state index in [9.17, 15) is 4.79 Å². The summed E-state index contributed by atoms with van der Waals surface area (Å²) in [6.07, 6.45) is 8.49. The van der Waals surface area contributed by atoms with Gasteiger partial charge in [-0.3, -0.25) is 9.78 Å². The summed E-state index contributed by atoms with van der Waals surface area (Å²) in [4.78, 5) is 18.6. The van der Waals surface area contributed by atoms with E-state index in [4.69, 9.17) is 0 Å². The molecule has 2 atom stereocenters. The van der Waals surface area contributed by atoms with Crippen LogP contribution in [0.25, 0.3) is 0 Å². The van der Waals surface area contributed by atoms with Crippen LogP contribution < -0.4 is 5.32 Å². The van der Waals surface area contributed by atoms with Gasteiger partial charge in [0.15, 0.2) is 0 Å². The van der Waals surface area contributed by atoms with Gasteiger partial charge in [-0.25, -0.2) is 0 Å². The van der Waals surface area contributed by atoms with Gasteiger partial charge in [-0.15, -0.1) is 0 Å². The van der Waals surface area contributed by atoms with Crippen molar-refractivity contribution in [2.75, 3.05) is 13.1 Å². The maximum atomic E-state index is 12.5. The summed E-state index contributed by atoms with van der Waals surface area (Å²) in [7, 11) is 0. The molecule has 0 spiro atoms. The molecule has 1 aromatic rings. The van der Waals surface area contributed by atoms with Crippen LogP contribution in [0.4, 0.5) is 0 Å². The van der Waals surface area contributed by atoms with Crippen molar-refractivity contribution in [3.8, 4) is 0 Å². The van der Waals surface area contributed by atoms with Crippen molar-refractivity contribution in [1.82, 2.24) is 15.2 Å². The highest BCUT2D eigenvalue weighted by Gasteiger charge is 2.37. The topological polar surface area (TPSA) is 45.2 Å². The fourth-order valence-electron chi connectivity index (χ4n) is 3.32. The van der Waals surface area contributed by atoms with Crippen molar-refractivity contribution in [3.63, 3.8) is 0 Å². The lowest BCUT2D eigenvalue weighted by Gasteiger charge is -2.28. The summed E-state index contributed by atoms with van der Waals surface area (Å²) in [5.74, 6) is 0.327. The number of amides is 1. The predicted molar refractivity (Wildman–Crippen MR) is 73.7 cm³/mol. The van der Waals surface area contributed by atoms with E-state index in [0.717, 1.165) is 25.9 Å². The Balaban J connectivity index is 1.61. The molecule has 2 unspecified atom stereocenters. The number of fused-ring (bicyclic) bond motifs is 2. The molecule has 1 N–H and O–H groups in total. The molecule has 1 amide bonds. The molecule has 19 heavy (non-hydrogen) atoms. The van der Waals surface area contributed by atoms with Crippen molar-refractivity contribution >= 4 is 5.91 Å². The van der Waals surface area contributed by atoms with Gasteiger partial charge in [-0.1, -0.05) is 0 Å². The first-order chi connectivity index (χ1) is 9.34. The van der Waals surface area contributed by atoms with E-state index in [1.807, 2.05) is 12.1 Å². The minimum absolute atomic E-state index is 0.327. The van der Waals surface area contributed by atoms with Gasteiger partial charge in [0.1, 0.15) is 0 Å². The van der Waals surface area contributed by atoms with Crippen molar-refractivity contribution in [2.24, 2.45) is 0 Å². The Labute approximate surface area is 114 Å². The van der Waals surface area contributed by atoms with E-state index >= 15 is 0 Å². The molecule has 2 bridgehead atoms. The Morgan fingerprint density at radius 2 is 2.05 bits per heavy atom. The van der Waals surface area contributed by atoms with Gasteiger partial charge in [0, 0.05) is 37.4 Å². The first-order valence-corrected chi connectivity index (χ1v) is 7.25. The van der Waals surface area contributed by atoms with E-state index in [1.54, 1.807) is 12.4 Å². The third-order valence-electron chi connectivity index (χ3n) is 4.32. The zero-order chi connectivity index (χ0) is 13.1. The predicted octanol–water partition coefficient (Wildman–Crippen LogP) is 1.37. The normalized spacial score (nSPS) is 26.2. The lowest BCUT2D eigenvalue weighted by atomic mass is 10.1. The lowest BCUT2D eigenvalue weighted by Crippen LogP contribution is -2.42. The number of hydrogen-bond acceptors (Lipinski definition) is 3. The number of hydrogen-bond donors (Lipinski definition) is 1. The fraction of sp³-hybridized carbons (Fsp3) is 0.600. The van der Waals surface area contributed by atoms with Crippen LogP contribution in [0.1, 0.15) is 31.2 Å². The van der Waals surface area contributed by atoms with Crippen LogP contribution in [0.2, 0.25) is 0 Å². The SMILES string of the molecule is O=C(CCc1ccncc1)N1C2CCNCC1CC2. The highest BCUT2D eigenvalue weighted by Crippen LogP contribution is 2.28. The average molecular weight is 259 g/mol. The van der Waals surface area contributed by atoms with Gasteiger partial charge in [0.25, 0.3) is 0 Å². The van der Waals surface area contributed by atoms with Crippen LogP contribution in [0.15, 0.2) is 24.5 Å². The quantitative estimate of drug-likeness (QED) is 0.891. The molecule has 2 aliphatic heterocycles. The first kappa shape index (κ1) is 12.6. The smallest absolute Gasteiger partial charge is 0.223 e. The number of nitrogens with one attached hydrogen (secondary N) is 1. The average Bonchev–Trinajstić information content (AvgIpc) is 2.71. The molecule has 0 aliphatic carbocycles. The molecule has 2 aliphatic rings. The van der Waals surface area contributed by atoms with E-state index in [2.05, 4.69) is 15.2 Å². The molecule has 0 aromatic carbocycles. The second kappa shape index (κ2) is 5.70. The second-order valence-electron chi connectivity index (χ2n) is 5.53. The Morgan fingerprint density at radius 3 is 2.89 bits per heavy atom. The molecule has 3 rings (SSSR count). The van der Waals surface area contributed by atoms with Crippen LogP contribution in [-0.2, 0) is 11.2 Å². The number of pyridine rings is 1. The molecule has 2 fully saturated rings. The third-order valence-corrected chi connectivity index (χ3v) is 4.32. The first-order valence-electron chi connectivity index (χ1n) is 7.25. The molecule has 4 nitrogen and oxygen atoms in total. The molecular formula is C15H21N3O. The van der Waals surface area contributed by atoms with Crippen LogP contribution in [-0.4, -0.2) is 41.0 Å². The molecule has 4 heteroatoms. The number of rotatable bonds is 3. The number of carbonyl (C=O) groups excluding carboxylic acids is 1. The van der Waals surface area contributed by atoms with Crippen molar-refractivity contribution in [2.45, 2.75) is 44.2 Å². The maximum absolute atomic E-state index is 12.5. The van der Waals surface area contributed by atoms with Gasteiger partial charge < -0.3 is 10.2 Å². The molecule has 0 radical (unpaired) electrons. The number of nitrogens with zero attached hydrogens (tertiary/aromatic N) is 2. The largest absolute Gasteiger partial charge is 0.335 e. The van der Waals surface area contributed by atoms with Crippen molar-refractivity contribution < 1.29 is 4.79 Å². The van der Waals surface area contributed by atoms with Gasteiger partial charge in [-0.2, -0.15) is 0 Å². The highest BCUT2D eigenvalue weighted by atomic mass is 16.2. The molecular weight excluding hydrogens is 238 g/mol. The summed E-state index contributed by atoms with van der Waals surface area (Å²) in [5.41, 5.74) is 1.20. The van der Waals surface area contributed by atoms with Crippen molar-refractivity contribution in [3.05, 3.63) is 30.1 Å². The van der Waals surface area contributed by atoms with Crippen LogP contribution in [0.5, 0.6) is 0 Å². The fourth-order valence-corrected chi connectivity index (χ4v) is 3.32. The van der Waals surface area contributed by atoms with Crippen molar-refractivity contribution in [1.29, 1.82) is 0 Å². The summed E-state index contributed by atoms with van der Waals surface area (Å²) in [6.45, 7) is 2.02. The number of aryl methyl sites for hydroxylation is 1. The molecule has 1 aromatic heterocycles. The van der Waals surface area contributed by atoms with E-state index in [1.165, 1.54) is 18.4 Å².